The smallest absolute Gasteiger partial charge is 0.290 e. The molecule has 0 saturated heterocycles. The third-order valence-electron chi connectivity index (χ3n) is 3.44. The Bertz CT molecular complexity index is 395. The lowest BCUT2D eigenvalue weighted by Gasteiger charge is -2.27. The van der Waals surface area contributed by atoms with E-state index in [0.717, 1.165) is 19.4 Å². The van der Waals surface area contributed by atoms with E-state index in [2.05, 4.69) is 15.3 Å². The van der Waals surface area contributed by atoms with E-state index in [1.54, 1.807) is 6.20 Å². The fraction of sp³-hybridized carbons (Fsp3) is 0.636. The number of nitrogens with two attached hydrogens (primary N) is 1. The average Bonchev–Trinajstić information content (AvgIpc) is 2.78. The molecule has 1 saturated carbocycles. The van der Waals surface area contributed by atoms with Crippen molar-refractivity contribution in [3.05, 3.63) is 22.7 Å². The molecule has 88 valence electrons. The Morgan fingerprint density at radius 3 is 2.88 bits per heavy atom. The minimum atomic E-state index is -0.173. The normalized spacial score (nSPS) is 18.6. The van der Waals surface area contributed by atoms with Gasteiger partial charge in [-0.2, -0.15) is 0 Å². The van der Waals surface area contributed by atoms with Crippen LogP contribution in [0.2, 0.25) is 0 Å². The van der Waals surface area contributed by atoms with Crippen LogP contribution in [0.4, 0.5) is 5.82 Å². The summed E-state index contributed by atoms with van der Waals surface area (Å²) in [6, 6.07) is 0. The van der Waals surface area contributed by atoms with Gasteiger partial charge in [-0.3, -0.25) is 4.79 Å². The Morgan fingerprint density at radius 1 is 1.50 bits per heavy atom. The number of nitrogens with zero attached hydrogens (tertiary/aromatic N) is 1. The zero-order chi connectivity index (χ0) is 11.4. The second kappa shape index (κ2) is 4.65. The van der Waals surface area contributed by atoms with Crippen LogP contribution in [0, 0.1) is 5.41 Å². The fourth-order valence-corrected chi connectivity index (χ4v) is 2.33. The second-order valence-electron chi connectivity index (χ2n) is 4.53. The number of hydrogen-bond acceptors (Lipinski definition) is 4. The van der Waals surface area contributed by atoms with Gasteiger partial charge in [0.1, 0.15) is 0 Å². The number of rotatable bonds is 4. The van der Waals surface area contributed by atoms with E-state index in [9.17, 15) is 4.79 Å². The Labute approximate surface area is 94.5 Å². The summed E-state index contributed by atoms with van der Waals surface area (Å²) in [4.78, 5) is 18.0. The molecule has 0 unspecified atom stereocenters. The second-order valence-corrected chi connectivity index (χ2v) is 4.53. The number of hydrogen-bond donors (Lipinski definition) is 3. The fourth-order valence-electron chi connectivity index (χ4n) is 2.33. The van der Waals surface area contributed by atoms with Crippen LogP contribution in [0.15, 0.2) is 17.2 Å². The highest BCUT2D eigenvalue weighted by atomic mass is 16.1. The summed E-state index contributed by atoms with van der Waals surface area (Å²) in [7, 11) is 0. The van der Waals surface area contributed by atoms with Gasteiger partial charge in [0, 0.05) is 18.9 Å². The van der Waals surface area contributed by atoms with Gasteiger partial charge in [-0.25, -0.2) is 4.98 Å². The van der Waals surface area contributed by atoms with E-state index in [4.69, 9.17) is 5.73 Å². The highest BCUT2D eigenvalue weighted by Gasteiger charge is 2.32. The number of aromatic nitrogens is 2. The Balaban J connectivity index is 2.01. The lowest BCUT2D eigenvalue weighted by molar-refractivity contribution is 0.331. The van der Waals surface area contributed by atoms with Gasteiger partial charge in [-0.1, -0.05) is 12.8 Å². The van der Waals surface area contributed by atoms with Crippen LogP contribution in [0.1, 0.15) is 25.7 Å². The van der Waals surface area contributed by atoms with Gasteiger partial charge in [0.25, 0.3) is 5.56 Å². The number of H-pyrrole nitrogens is 1. The van der Waals surface area contributed by atoms with Gasteiger partial charge in [0.15, 0.2) is 5.82 Å². The van der Waals surface area contributed by atoms with Crippen molar-refractivity contribution < 1.29 is 0 Å². The van der Waals surface area contributed by atoms with Crippen molar-refractivity contribution in [3.8, 4) is 0 Å². The van der Waals surface area contributed by atoms with E-state index in [1.165, 1.54) is 19.0 Å². The quantitative estimate of drug-likeness (QED) is 0.700. The molecular weight excluding hydrogens is 204 g/mol. The van der Waals surface area contributed by atoms with Crippen LogP contribution in [-0.2, 0) is 0 Å². The summed E-state index contributed by atoms with van der Waals surface area (Å²) in [5.74, 6) is 0.391. The number of nitrogens with one attached hydrogen (secondary N) is 2. The minimum absolute atomic E-state index is 0.157. The van der Waals surface area contributed by atoms with Crippen molar-refractivity contribution in [2.24, 2.45) is 11.1 Å². The van der Waals surface area contributed by atoms with Crippen molar-refractivity contribution >= 4 is 5.82 Å². The first-order valence-electron chi connectivity index (χ1n) is 5.73. The van der Waals surface area contributed by atoms with E-state index in [-0.39, 0.29) is 11.0 Å². The lowest BCUT2D eigenvalue weighted by atomic mass is 9.86. The molecule has 0 bridgehead atoms. The summed E-state index contributed by atoms with van der Waals surface area (Å²) in [5.41, 5.74) is 5.81. The molecule has 0 radical (unpaired) electrons. The minimum Gasteiger partial charge on any atom is -0.365 e. The maximum Gasteiger partial charge on any atom is 0.290 e. The van der Waals surface area contributed by atoms with Crippen molar-refractivity contribution in [1.82, 2.24) is 9.97 Å². The highest BCUT2D eigenvalue weighted by Crippen LogP contribution is 2.36. The SMILES string of the molecule is NCC1(CNc2ncc[nH]c2=O)CCCC1. The first-order chi connectivity index (χ1) is 7.76. The number of aromatic amines is 1. The topological polar surface area (TPSA) is 83.8 Å². The summed E-state index contributed by atoms with van der Waals surface area (Å²) >= 11 is 0. The van der Waals surface area contributed by atoms with Gasteiger partial charge >= 0.3 is 0 Å². The molecule has 0 aromatic carbocycles. The van der Waals surface area contributed by atoms with Crippen molar-refractivity contribution in [2.45, 2.75) is 25.7 Å². The molecule has 1 fully saturated rings. The van der Waals surface area contributed by atoms with Gasteiger partial charge in [0.2, 0.25) is 0 Å². The molecule has 0 aliphatic heterocycles. The molecule has 1 aliphatic rings. The molecule has 0 spiro atoms. The standard InChI is InChI=1S/C11H18N4O/c12-7-11(3-1-2-4-11)8-15-9-10(16)14-6-5-13-9/h5-6H,1-4,7-8,12H2,(H,13,15)(H,14,16). The Hall–Kier alpha value is -1.36. The molecule has 16 heavy (non-hydrogen) atoms. The van der Waals surface area contributed by atoms with Crippen LogP contribution < -0.4 is 16.6 Å². The first-order valence-corrected chi connectivity index (χ1v) is 5.73. The van der Waals surface area contributed by atoms with E-state index >= 15 is 0 Å². The predicted octanol–water partition coefficient (Wildman–Crippen LogP) is 0.701. The summed E-state index contributed by atoms with van der Waals surface area (Å²) in [6.07, 6.45) is 7.85. The lowest BCUT2D eigenvalue weighted by Crippen LogP contribution is -2.35. The molecule has 0 atom stereocenters. The van der Waals surface area contributed by atoms with Gasteiger partial charge in [-0.05, 0) is 24.8 Å². The van der Waals surface area contributed by atoms with Gasteiger partial charge in [0.05, 0.1) is 0 Å². The third kappa shape index (κ3) is 2.24. The molecule has 1 heterocycles. The molecule has 1 aromatic rings. The molecular formula is C11H18N4O. The van der Waals surface area contributed by atoms with Crippen LogP contribution in [0.5, 0.6) is 0 Å². The summed E-state index contributed by atoms with van der Waals surface area (Å²) < 4.78 is 0. The van der Waals surface area contributed by atoms with Crippen molar-refractivity contribution in [3.63, 3.8) is 0 Å². The predicted molar refractivity (Wildman–Crippen MR) is 63.3 cm³/mol. The molecule has 1 aliphatic carbocycles. The maximum atomic E-state index is 11.4. The highest BCUT2D eigenvalue weighted by molar-refractivity contribution is 5.30. The third-order valence-corrected chi connectivity index (χ3v) is 3.44. The molecule has 5 nitrogen and oxygen atoms in total. The van der Waals surface area contributed by atoms with Crippen LogP contribution >= 0.6 is 0 Å². The maximum absolute atomic E-state index is 11.4. The van der Waals surface area contributed by atoms with Gasteiger partial charge in [-0.15, -0.1) is 0 Å². The zero-order valence-electron chi connectivity index (χ0n) is 9.33. The Morgan fingerprint density at radius 2 is 2.25 bits per heavy atom. The Kier molecular flexibility index (Phi) is 3.24. The molecule has 2 rings (SSSR count). The van der Waals surface area contributed by atoms with E-state index in [1.807, 2.05) is 0 Å². The summed E-state index contributed by atoms with van der Waals surface area (Å²) in [6.45, 7) is 1.41. The first kappa shape index (κ1) is 11.1. The molecule has 4 N–H and O–H groups in total. The van der Waals surface area contributed by atoms with Gasteiger partial charge < -0.3 is 16.0 Å². The molecule has 0 amide bonds. The van der Waals surface area contributed by atoms with E-state index < -0.39 is 0 Å². The van der Waals surface area contributed by atoms with Crippen LogP contribution in [0.3, 0.4) is 0 Å². The van der Waals surface area contributed by atoms with Crippen LogP contribution in [-0.4, -0.2) is 23.1 Å². The molecule has 1 aromatic heterocycles. The van der Waals surface area contributed by atoms with Crippen molar-refractivity contribution in [1.29, 1.82) is 0 Å². The number of anilines is 1. The molecule has 5 heteroatoms. The average molecular weight is 222 g/mol. The van der Waals surface area contributed by atoms with Crippen molar-refractivity contribution in [2.75, 3.05) is 18.4 Å². The van der Waals surface area contributed by atoms with E-state index in [0.29, 0.717) is 12.4 Å². The van der Waals surface area contributed by atoms with Crippen LogP contribution in [0.25, 0.3) is 0 Å². The monoisotopic (exact) mass is 222 g/mol. The zero-order valence-corrected chi connectivity index (χ0v) is 9.33. The largest absolute Gasteiger partial charge is 0.365 e. The summed E-state index contributed by atoms with van der Waals surface area (Å²) in [5, 5.41) is 3.11.